The number of ketones is 1. The summed E-state index contributed by atoms with van der Waals surface area (Å²) in [4.78, 5) is 23.1. The average Bonchev–Trinajstić information content (AvgIpc) is 3.01. The van der Waals surface area contributed by atoms with Crippen LogP contribution in [0.4, 0.5) is 5.69 Å². The van der Waals surface area contributed by atoms with E-state index in [4.69, 9.17) is 17.0 Å². The maximum absolute atomic E-state index is 12.8. The van der Waals surface area contributed by atoms with Crippen molar-refractivity contribution in [3.63, 3.8) is 0 Å². The number of non-ortho nitro benzene ring substituents is 1. The molecule has 0 amide bonds. The Bertz CT molecular complexity index is 1330. The summed E-state index contributed by atoms with van der Waals surface area (Å²) in [5.41, 5.74) is 2.91. The minimum Gasteiger partial charge on any atom is -1.00 e. The third-order valence-electron chi connectivity index (χ3n) is 4.96. The van der Waals surface area contributed by atoms with Gasteiger partial charge in [-0.3, -0.25) is 20.3 Å². The first-order chi connectivity index (χ1) is 14.5. The monoisotopic (exact) mass is 499 g/mol. The number of Topliss-reactive ketones (excluding diaryl/α,β-unsaturated/α-hetero) is 1. The molecular formula is C22H17BrClN4O3-. The van der Waals surface area contributed by atoms with Crippen molar-refractivity contribution in [2.24, 2.45) is 0 Å². The number of hydrogen-bond acceptors (Lipinski definition) is 4. The molecule has 3 aromatic carbocycles. The van der Waals surface area contributed by atoms with E-state index in [0.29, 0.717) is 17.1 Å². The fourth-order valence-corrected chi connectivity index (χ4v) is 3.61. The molecule has 0 fully saturated rings. The van der Waals surface area contributed by atoms with Gasteiger partial charge in [-0.05, 0) is 35.9 Å². The highest BCUT2D eigenvalue weighted by Crippen LogP contribution is 2.20. The number of carbonyl (C=O) groups is 1. The number of hydrogen-bond donors (Lipinski definition) is 1. The van der Waals surface area contributed by atoms with Gasteiger partial charge in [0.25, 0.3) is 5.69 Å². The van der Waals surface area contributed by atoms with Crippen molar-refractivity contribution in [3.8, 4) is 0 Å². The minimum atomic E-state index is -0.507. The first-order valence-corrected chi connectivity index (χ1v) is 9.57. The van der Waals surface area contributed by atoms with Crippen LogP contribution < -0.4 is 22.6 Å². The molecule has 0 unspecified atom stereocenters. The Hall–Kier alpha value is -3.23. The summed E-state index contributed by atoms with van der Waals surface area (Å²) in [7, 11) is 0. The summed E-state index contributed by atoms with van der Waals surface area (Å²) >= 11 is 6.30. The maximum Gasteiger partial charge on any atom is 0.269 e. The zero-order chi connectivity index (χ0) is 21.3. The number of benzene rings is 3. The second-order valence-corrected chi connectivity index (χ2v) is 7.21. The Morgan fingerprint density at radius 2 is 1.52 bits per heavy atom. The summed E-state index contributed by atoms with van der Waals surface area (Å²) < 4.78 is 3.44. The zero-order valence-electron chi connectivity index (χ0n) is 16.2. The van der Waals surface area contributed by atoms with E-state index in [0.717, 1.165) is 16.6 Å². The van der Waals surface area contributed by atoms with E-state index < -0.39 is 4.92 Å². The summed E-state index contributed by atoms with van der Waals surface area (Å²) in [5, 5.41) is 20.1. The standard InChI is InChI=1S/C22H17ClN4O3.BrH/c23-18-6-2-1-5-16(18)13-25-19-7-3-4-8-20(19)26(22(25)24)14-21(28)15-9-11-17(12-10-15)27(29)30;/h1-12,24H,13-14H2;1H/p-1. The summed E-state index contributed by atoms with van der Waals surface area (Å²) in [5.74, 6) is -0.232. The number of nitrogens with zero attached hydrogens (tertiary/aromatic N) is 3. The average molecular weight is 501 g/mol. The lowest BCUT2D eigenvalue weighted by Crippen LogP contribution is -3.00. The zero-order valence-corrected chi connectivity index (χ0v) is 18.5. The molecule has 158 valence electrons. The van der Waals surface area contributed by atoms with E-state index in [1.54, 1.807) is 15.2 Å². The van der Waals surface area contributed by atoms with E-state index >= 15 is 0 Å². The summed E-state index contributed by atoms with van der Waals surface area (Å²) in [6.07, 6.45) is 0. The van der Waals surface area contributed by atoms with Gasteiger partial charge in [0.15, 0.2) is 5.78 Å². The van der Waals surface area contributed by atoms with Crippen molar-refractivity contribution >= 4 is 34.1 Å². The molecule has 9 heteroatoms. The largest absolute Gasteiger partial charge is 1.00 e. The molecule has 1 N–H and O–H groups in total. The number of halogens is 2. The highest BCUT2D eigenvalue weighted by Gasteiger charge is 2.16. The van der Waals surface area contributed by atoms with Crippen LogP contribution in [0.1, 0.15) is 15.9 Å². The van der Waals surface area contributed by atoms with Gasteiger partial charge in [-0.2, -0.15) is 0 Å². The van der Waals surface area contributed by atoms with Gasteiger partial charge < -0.3 is 26.1 Å². The fraction of sp³-hybridized carbons (Fsp3) is 0.0909. The van der Waals surface area contributed by atoms with Crippen LogP contribution in [0.3, 0.4) is 0 Å². The lowest BCUT2D eigenvalue weighted by Gasteiger charge is -2.07. The number of aromatic nitrogens is 2. The Labute approximate surface area is 192 Å². The van der Waals surface area contributed by atoms with Gasteiger partial charge in [-0.15, -0.1) is 0 Å². The van der Waals surface area contributed by atoms with Crippen LogP contribution in [-0.2, 0) is 13.1 Å². The molecule has 7 nitrogen and oxygen atoms in total. The van der Waals surface area contributed by atoms with Gasteiger partial charge in [-0.1, -0.05) is 41.9 Å². The molecule has 0 aliphatic carbocycles. The van der Waals surface area contributed by atoms with Crippen molar-refractivity contribution in [2.75, 3.05) is 0 Å². The molecule has 0 aliphatic rings. The van der Waals surface area contributed by atoms with Crippen LogP contribution in [-0.4, -0.2) is 19.8 Å². The lowest BCUT2D eigenvalue weighted by molar-refractivity contribution is -0.384. The molecule has 0 atom stereocenters. The Balaban J connectivity index is 0.00000272. The molecule has 1 aromatic heterocycles. The number of rotatable bonds is 6. The van der Waals surface area contributed by atoms with Crippen molar-refractivity contribution in [1.29, 1.82) is 5.41 Å². The predicted molar refractivity (Wildman–Crippen MR) is 114 cm³/mol. The SMILES string of the molecule is N=c1n(CC(=O)c2ccc([N+](=O)[O-])cc2)c2ccccc2n1Cc1ccccc1Cl.[Br-]. The van der Waals surface area contributed by atoms with Crippen LogP contribution in [0.5, 0.6) is 0 Å². The number of nitro groups is 1. The van der Waals surface area contributed by atoms with Gasteiger partial charge in [0.2, 0.25) is 5.62 Å². The minimum absolute atomic E-state index is 0. The number of fused-ring (bicyclic) bond motifs is 1. The molecule has 4 rings (SSSR count). The van der Waals surface area contributed by atoms with Crippen LogP contribution in [0.15, 0.2) is 72.8 Å². The Morgan fingerprint density at radius 3 is 2.13 bits per heavy atom. The Morgan fingerprint density at radius 1 is 0.935 bits per heavy atom. The lowest BCUT2D eigenvalue weighted by atomic mass is 10.1. The second kappa shape index (κ2) is 9.28. The molecule has 31 heavy (non-hydrogen) atoms. The summed E-state index contributed by atoms with van der Waals surface area (Å²) in [6, 6.07) is 20.4. The molecule has 0 radical (unpaired) electrons. The molecule has 0 bridgehead atoms. The van der Waals surface area contributed by atoms with Gasteiger partial charge in [0.05, 0.1) is 29.0 Å². The third-order valence-corrected chi connectivity index (χ3v) is 5.33. The number of imidazole rings is 1. The molecular weight excluding hydrogens is 484 g/mol. The van der Waals surface area contributed by atoms with Crippen molar-refractivity contribution in [1.82, 2.24) is 9.13 Å². The van der Waals surface area contributed by atoms with E-state index in [1.807, 2.05) is 42.5 Å². The topological polar surface area (TPSA) is 93.9 Å². The van der Waals surface area contributed by atoms with Gasteiger partial charge in [0.1, 0.15) is 0 Å². The number of para-hydroxylation sites is 2. The molecule has 0 spiro atoms. The quantitative estimate of drug-likeness (QED) is 0.246. The van der Waals surface area contributed by atoms with Gasteiger partial charge >= 0.3 is 0 Å². The third kappa shape index (κ3) is 4.45. The van der Waals surface area contributed by atoms with E-state index in [9.17, 15) is 14.9 Å². The van der Waals surface area contributed by atoms with Crippen molar-refractivity contribution in [3.05, 3.63) is 105 Å². The van der Waals surface area contributed by atoms with Crippen LogP contribution >= 0.6 is 11.6 Å². The first kappa shape index (κ1) is 22.5. The normalized spacial score (nSPS) is 10.6. The predicted octanol–water partition coefficient (Wildman–Crippen LogP) is 1.42. The van der Waals surface area contributed by atoms with Crippen LogP contribution in [0.25, 0.3) is 11.0 Å². The number of carbonyl (C=O) groups excluding carboxylic acids is 1. The highest BCUT2D eigenvalue weighted by atomic mass is 79.9. The van der Waals surface area contributed by atoms with Crippen LogP contribution in [0, 0.1) is 15.5 Å². The van der Waals surface area contributed by atoms with Crippen molar-refractivity contribution in [2.45, 2.75) is 13.1 Å². The first-order valence-electron chi connectivity index (χ1n) is 9.19. The van der Waals surface area contributed by atoms with E-state index in [-0.39, 0.29) is 40.6 Å². The van der Waals surface area contributed by atoms with E-state index in [2.05, 4.69) is 0 Å². The molecule has 0 saturated heterocycles. The molecule has 4 aromatic rings. The second-order valence-electron chi connectivity index (χ2n) is 6.80. The smallest absolute Gasteiger partial charge is 0.269 e. The van der Waals surface area contributed by atoms with Crippen LogP contribution in [0.2, 0.25) is 5.02 Å². The molecule has 0 saturated carbocycles. The van der Waals surface area contributed by atoms with Gasteiger partial charge in [-0.25, -0.2) is 0 Å². The fourth-order valence-electron chi connectivity index (χ4n) is 3.42. The Kier molecular flexibility index (Phi) is 6.72. The molecule has 0 aliphatic heterocycles. The summed E-state index contributed by atoms with van der Waals surface area (Å²) in [6.45, 7) is 0.352. The molecule has 1 heterocycles. The van der Waals surface area contributed by atoms with Crippen molar-refractivity contribution < 1.29 is 26.7 Å². The number of nitrogens with one attached hydrogen (secondary N) is 1. The highest BCUT2D eigenvalue weighted by molar-refractivity contribution is 6.31. The van der Waals surface area contributed by atoms with Gasteiger partial charge in [0, 0.05) is 22.7 Å². The van der Waals surface area contributed by atoms with E-state index in [1.165, 1.54) is 24.3 Å². The number of nitro benzene ring substituents is 1. The maximum atomic E-state index is 12.8.